The first-order chi connectivity index (χ1) is 6.79. The van der Waals surface area contributed by atoms with Gasteiger partial charge in [-0.3, -0.25) is 4.90 Å². The first kappa shape index (κ1) is 11.2. The Morgan fingerprint density at radius 3 is 3.14 bits per heavy atom. The van der Waals surface area contributed by atoms with Crippen molar-refractivity contribution in [1.82, 2.24) is 10.2 Å². The van der Waals surface area contributed by atoms with Crippen LogP contribution in [0.3, 0.4) is 0 Å². The Kier molecular flexibility index (Phi) is 4.64. The zero-order valence-electron chi connectivity index (χ0n) is 8.87. The predicted molar refractivity (Wildman–Crippen MR) is 57.9 cm³/mol. The molecule has 0 spiro atoms. The van der Waals surface area contributed by atoms with E-state index in [1.807, 2.05) is 6.08 Å². The third-order valence-electron chi connectivity index (χ3n) is 2.82. The van der Waals surface area contributed by atoms with Gasteiger partial charge in [0.15, 0.2) is 0 Å². The third kappa shape index (κ3) is 2.83. The smallest absolute Gasteiger partial charge is 0.0638 e. The Morgan fingerprint density at radius 2 is 2.50 bits per heavy atom. The van der Waals surface area contributed by atoms with Crippen LogP contribution >= 0.6 is 0 Å². The Balaban J connectivity index is 2.65. The molecule has 0 aliphatic carbocycles. The molecular formula is C11H19N3. The van der Waals surface area contributed by atoms with Crippen molar-refractivity contribution in [3.8, 4) is 6.07 Å². The molecule has 0 aromatic heterocycles. The van der Waals surface area contributed by atoms with E-state index in [2.05, 4.69) is 29.8 Å². The van der Waals surface area contributed by atoms with Crippen molar-refractivity contribution >= 4 is 0 Å². The largest absolute Gasteiger partial charge is 0.315 e. The average Bonchev–Trinajstić information content (AvgIpc) is 2.33. The monoisotopic (exact) mass is 193 g/mol. The molecule has 1 saturated heterocycles. The Hall–Kier alpha value is -0.850. The fourth-order valence-corrected chi connectivity index (χ4v) is 2.00. The maximum Gasteiger partial charge on any atom is 0.0638 e. The first-order valence-corrected chi connectivity index (χ1v) is 5.24. The zero-order valence-corrected chi connectivity index (χ0v) is 8.87. The molecule has 0 aromatic rings. The highest BCUT2D eigenvalue weighted by atomic mass is 15.2. The molecule has 1 rings (SSSR count). The number of nitriles is 1. The maximum absolute atomic E-state index is 8.75. The summed E-state index contributed by atoms with van der Waals surface area (Å²) in [4.78, 5) is 2.37. The van der Waals surface area contributed by atoms with Crippen LogP contribution < -0.4 is 5.32 Å². The molecule has 1 N–H and O–H groups in total. The van der Waals surface area contributed by atoms with Crippen molar-refractivity contribution in [3.05, 3.63) is 12.7 Å². The number of nitrogens with zero attached hydrogens (tertiary/aromatic N) is 2. The molecule has 14 heavy (non-hydrogen) atoms. The lowest BCUT2D eigenvalue weighted by molar-refractivity contribution is 0.174. The van der Waals surface area contributed by atoms with E-state index in [-0.39, 0.29) is 0 Å². The average molecular weight is 193 g/mol. The minimum absolute atomic E-state index is 0.343. The summed E-state index contributed by atoms with van der Waals surface area (Å²) >= 11 is 0. The van der Waals surface area contributed by atoms with E-state index in [4.69, 9.17) is 5.26 Å². The summed E-state index contributed by atoms with van der Waals surface area (Å²) in [6, 6.07) is 3.14. The summed E-state index contributed by atoms with van der Waals surface area (Å²) in [5.74, 6) is 0. The van der Waals surface area contributed by atoms with Crippen LogP contribution in [-0.4, -0.2) is 36.6 Å². The van der Waals surface area contributed by atoms with E-state index in [0.29, 0.717) is 18.5 Å². The van der Waals surface area contributed by atoms with Crippen LogP contribution in [0.15, 0.2) is 12.7 Å². The Morgan fingerprint density at radius 1 is 1.71 bits per heavy atom. The highest BCUT2D eigenvalue weighted by molar-refractivity contribution is 4.91. The molecule has 1 aliphatic rings. The molecule has 1 aliphatic heterocycles. The molecule has 0 amide bonds. The lowest BCUT2D eigenvalue weighted by Gasteiger charge is -2.31. The van der Waals surface area contributed by atoms with Gasteiger partial charge in [0.05, 0.1) is 12.5 Å². The fraction of sp³-hybridized carbons (Fsp3) is 0.727. The normalized spacial score (nSPS) is 29.1. The molecule has 0 bridgehead atoms. The molecule has 2 unspecified atom stereocenters. The fourth-order valence-electron chi connectivity index (χ4n) is 2.00. The van der Waals surface area contributed by atoms with Crippen LogP contribution in [0.25, 0.3) is 0 Å². The standard InChI is InChI=1S/C11H19N3/c1-3-8-14-10(2)5-7-13-9-11(14)4-6-12/h3,10-11,13H,1,4-5,7-9H2,2H3. The Bertz CT molecular complexity index is 219. The van der Waals surface area contributed by atoms with Crippen molar-refractivity contribution in [1.29, 1.82) is 5.26 Å². The van der Waals surface area contributed by atoms with Gasteiger partial charge >= 0.3 is 0 Å². The van der Waals surface area contributed by atoms with Crippen LogP contribution in [-0.2, 0) is 0 Å². The lowest BCUT2D eigenvalue weighted by Crippen LogP contribution is -2.43. The van der Waals surface area contributed by atoms with Gasteiger partial charge in [0.1, 0.15) is 0 Å². The van der Waals surface area contributed by atoms with E-state index in [0.717, 1.165) is 26.1 Å². The summed E-state index contributed by atoms with van der Waals surface area (Å²) < 4.78 is 0. The quantitative estimate of drug-likeness (QED) is 0.683. The van der Waals surface area contributed by atoms with E-state index in [1.54, 1.807) is 0 Å². The minimum Gasteiger partial charge on any atom is -0.315 e. The van der Waals surface area contributed by atoms with Gasteiger partial charge in [0.25, 0.3) is 0 Å². The summed E-state index contributed by atoms with van der Waals surface area (Å²) in [5.41, 5.74) is 0. The molecule has 0 saturated carbocycles. The van der Waals surface area contributed by atoms with Crippen molar-refractivity contribution in [2.45, 2.75) is 31.8 Å². The van der Waals surface area contributed by atoms with E-state index >= 15 is 0 Å². The summed E-state index contributed by atoms with van der Waals surface area (Å²) in [6.07, 6.45) is 3.67. The third-order valence-corrected chi connectivity index (χ3v) is 2.82. The van der Waals surface area contributed by atoms with Gasteiger partial charge in [-0.2, -0.15) is 5.26 Å². The lowest BCUT2D eigenvalue weighted by atomic mass is 10.1. The van der Waals surface area contributed by atoms with Gasteiger partial charge in [0, 0.05) is 25.2 Å². The second kappa shape index (κ2) is 5.79. The summed E-state index contributed by atoms with van der Waals surface area (Å²) in [6.45, 7) is 8.85. The van der Waals surface area contributed by atoms with E-state index in [9.17, 15) is 0 Å². The molecule has 3 nitrogen and oxygen atoms in total. The van der Waals surface area contributed by atoms with Crippen LogP contribution in [0.2, 0.25) is 0 Å². The molecule has 1 fully saturated rings. The van der Waals surface area contributed by atoms with Gasteiger partial charge in [0.2, 0.25) is 0 Å². The molecule has 0 radical (unpaired) electrons. The number of nitrogens with one attached hydrogen (secondary N) is 1. The second-order valence-corrected chi connectivity index (χ2v) is 3.84. The van der Waals surface area contributed by atoms with Gasteiger partial charge in [-0.25, -0.2) is 0 Å². The van der Waals surface area contributed by atoms with Crippen LogP contribution in [0.4, 0.5) is 0 Å². The van der Waals surface area contributed by atoms with Gasteiger partial charge < -0.3 is 5.32 Å². The number of rotatable bonds is 3. The topological polar surface area (TPSA) is 39.1 Å². The molecule has 2 atom stereocenters. The van der Waals surface area contributed by atoms with Crippen molar-refractivity contribution in [3.63, 3.8) is 0 Å². The Labute approximate surface area is 86.4 Å². The van der Waals surface area contributed by atoms with Gasteiger partial charge in [-0.1, -0.05) is 6.08 Å². The van der Waals surface area contributed by atoms with E-state index in [1.165, 1.54) is 0 Å². The summed E-state index contributed by atoms with van der Waals surface area (Å²) in [7, 11) is 0. The highest BCUT2D eigenvalue weighted by Crippen LogP contribution is 2.13. The molecule has 1 heterocycles. The van der Waals surface area contributed by atoms with Crippen molar-refractivity contribution in [2.75, 3.05) is 19.6 Å². The van der Waals surface area contributed by atoms with Crippen molar-refractivity contribution in [2.24, 2.45) is 0 Å². The zero-order chi connectivity index (χ0) is 10.4. The SMILES string of the molecule is C=CCN1C(C)CCNCC1CC#N. The molecule has 3 heteroatoms. The minimum atomic E-state index is 0.343. The van der Waals surface area contributed by atoms with E-state index < -0.39 is 0 Å². The molecular weight excluding hydrogens is 174 g/mol. The maximum atomic E-state index is 8.75. The predicted octanol–water partition coefficient (Wildman–Crippen LogP) is 1.14. The van der Waals surface area contributed by atoms with Gasteiger partial charge in [-0.05, 0) is 19.9 Å². The van der Waals surface area contributed by atoms with Gasteiger partial charge in [-0.15, -0.1) is 6.58 Å². The van der Waals surface area contributed by atoms with Crippen molar-refractivity contribution < 1.29 is 0 Å². The molecule has 78 valence electrons. The number of hydrogen-bond acceptors (Lipinski definition) is 3. The summed E-state index contributed by atoms with van der Waals surface area (Å²) in [5, 5.41) is 12.1. The van der Waals surface area contributed by atoms with Crippen LogP contribution in [0.1, 0.15) is 19.8 Å². The number of hydrogen-bond donors (Lipinski definition) is 1. The highest BCUT2D eigenvalue weighted by Gasteiger charge is 2.24. The van der Waals surface area contributed by atoms with Crippen LogP contribution in [0, 0.1) is 11.3 Å². The first-order valence-electron chi connectivity index (χ1n) is 5.24. The second-order valence-electron chi connectivity index (χ2n) is 3.84. The van der Waals surface area contributed by atoms with Crippen LogP contribution in [0.5, 0.6) is 0 Å². The molecule has 0 aromatic carbocycles.